The third-order valence-electron chi connectivity index (χ3n) is 2.60. The molecule has 2 nitrogen and oxygen atoms in total. The largest absolute Gasteiger partial charge is 0.393 e. The third-order valence-corrected chi connectivity index (χ3v) is 2.60. The van der Waals surface area contributed by atoms with Crippen molar-refractivity contribution in [3.8, 4) is 0 Å². The van der Waals surface area contributed by atoms with E-state index in [1.807, 2.05) is 0 Å². The molecular weight excluding hydrogens is 150 g/mol. The predicted molar refractivity (Wildman–Crippen MR) is 51.1 cm³/mol. The normalized spacial score (nSPS) is 40.5. The van der Waals surface area contributed by atoms with Gasteiger partial charge in [-0.3, -0.25) is 0 Å². The summed E-state index contributed by atoms with van der Waals surface area (Å²) in [6.07, 6.45) is 1.87. The molecule has 1 aliphatic rings. The molecule has 0 amide bonds. The maximum atomic E-state index is 9.62. The average Bonchev–Trinajstić information content (AvgIpc) is 1.81. The summed E-state index contributed by atoms with van der Waals surface area (Å²) in [5.74, 6) is 1.27. The van der Waals surface area contributed by atoms with Crippen LogP contribution in [0, 0.1) is 11.8 Å². The molecule has 0 spiro atoms. The van der Waals surface area contributed by atoms with Gasteiger partial charge in [0.25, 0.3) is 0 Å². The highest BCUT2D eigenvalue weighted by molar-refractivity contribution is 4.73. The van der Waals surface area contributed by atoms with E-state index >= 15 is 0 Å². The maximum absolute atomic E-state index is 9.62. The standard InChI is InChI=1S/C10H21NO/c1-8-4-10(12)5-9(2)7-11(3)6-8/h8-10,12H,4-7H2,1-3H3. The highest BCUT2D eigenvalue weighted by Crippen LogP contribution is 2.18. The minimum Gasteiger partial charge on any atom is -0.393 e. The van der Waals surface area contributed by atoms with Crippen LogP contribution in [-0.4, -0.2) is 36.2 Å². The van der Waals surface area contributed by atoms with Crippen LogP contribution in [0.25, 0.3) is 0 Å². The lowest BCUT2D eigenvalue weighted by Crippen LogP contribution is -2.34. The van der Waals surface area contributed by atoms with Gasteiger partial charge in [-0.2, -0.15) is 0 Å². The second-order valence-corrected chi connectivity index (χ2v) is 4.56. The Morgan fingerprint density at radius 3 is 1.92 bits per heavy atom. The molecule has 0 bridgehead atoms. The van der Waals surface area contributed by atoms with Crippen LogP contribution in [0.15, 0.2) is 0 Å². The van der Waals surface area contributed by atoms with Crippen LogP contribution in [0.4, 0.5) is 0 Å². The van der Waals surface area contributed by atoms with Crippen molar-refractivity contribution in [2.24, 2.45) is 11.8 Å². The molecule has 2 heteroatoms. The van der Waals surface area contributed by atoms with Crippen molar-refractivity contribution in [3.63, 3.8) is 0 Å². The fourth-order valence-corrected chi connectivity index (χ4v) is 2.31. The quantitative estimate of drug-likeness (QED) is 0.594. The first-order valence-corrected chi connectivity index (χ1v) is 4.94. The molecule has 1 aliphatic heterocycles. The summed E-state index contributed by atoms with van der Waals surface area (Å²) < 4.78 is 0. The van der Waals surface area contributed by atoms with E-state index in [0.717, 1.165) is 25.9 Å². The molecule has 0 aromatic rings. The Hall–Kier alpha value is -0.0800. The molecular formula is C10H21NO. The van der Waals surface area contributed by atoms with Gasteiger partial charge in [-0.15, -0.1) is 0 Å². The fraction of sp³-hybridized carbons (Fsp3) is 1.00. The smallest absolute Gasteiger partial charge is 0.0546 e. The minimum atomic E-state index is -0.0660. The molecule has 12 heavy (non-hydrogen) atoms. The Labute approximate surface area is 75.6 Å². The Morgan fingerprint density at radius 2 is 1.50 bits per heavy atom. The highest BCUT2D eigenvalue weighted by Gasteiger charge is 2.19. The lowest BCUT2D eigenvalue weighted by Gasteiger charge is -2.30. The van der Waals surface area contributed by atoms with Crippen molar-refractivity contribution in [2.75, 3.05) is 20.1 Å². The van der Waals surface area contributed by atoms with E-state index in [1.54, 1.807) is 0 Å². The van der Waals surface area contributed by atoms with E-state index in [0.29, 0.717) is 11.8 Å². The number of nitrogens with zero attached hydrogens (tertiary/aromatic N) is 1. The van der Waals surface area contributed by atoms with Gasteiger partial charge < -0.3 is 10.0 Å². The number of aliphatic hydroxyl groups excluding tert-OH is 1. The Bertz CT molecular complexity index is 97.8. The van der Waals surface area contributed by atoms with Gasteiger partial charge in [-0.05, 0) is 31.7 Å². The van der Waals surface area contributed by atoms with Crippen molar-refractivity contribution >= 4 is 0 Å². The number of likely N-dealkylation sites (tertiary alicyclic amines) is 1. The second-order valence-electron chi connectivity index (χ2n) is 4.56. The van der Waals surface area contributed by atoms with Crippen molar-refractivity contribution in [3.05, 3.63) is 0 Å². The number of hydrogen-bond acceptors (Lipinski definition) is 2. The molecule has 1 heterocycles. The summed E-state index contributed by atoms with van der Waals surface area (Å²) in [7, 11) is 2.17. The topological polar surface area (TPSA) is 23.5 Å². The van der Waals surface area contributed by atoms with Gasteiger partial charge in [0.05, 0.1) is 6.10 Å². The highest BCUT2D eigenvalue weighted by atomic mass is 16.3. The Morgan fingerprint density at radius 1 is 1.08 bits per heavy atom. The van der Waals surface area contributed by atoms with Crippen molar-refractivity contribution in [1.29, 1.82) is 0 Å². The van der Waals surface area contributed by atoms with E-state index in [4.69, 9.17) is 0 Å². The summed E-state index contributed by atoms with van der Waals surface area (Å²) in [6, 6.07) is 0. The third kappa shape index (κ3) is 3.11. The van der Waals surface area contributed by atoms with E-state index in [9.17, 15) is 5.11 Å². The average molecular weight is 171 g/mol. The first kappa shape index (κ1) is 10.0. The van der Waals surface area contributed by atoms with Crippen LogP contribution in [0.5, 0.6) is 0 Å². The van der Waals surface area contributed by atoms with Crippen LogP contribution < -0.4 is 0 Å². The van der Waals surface area contributed by atoms with Gasteiger partial charge in [0, 0.05) is 13.1 Å². The van der Waals surface area contributed by atoms with Crippen molar-refractivity contribution < 1.29 is 5.11 Å². The number of rotatable bonds is 0. The van der Waals surface area contributed by atoms with Gasteiger partial charge in [0.2, 0.25) is 0 Å². The fourth-order valence-electron chi connectivity index (χ4n) is 2.31. The molecule has 72 valence electrons. The molecule has 0 aromatic carbocycles. The maximum Gasteiger partial charge on any atom is 0.0546 e. The van der Waals surface area contributed by atoms with Gasteiger partial charge in [-0.25, -0.2) is 0 Å². The molecule has 0 aromatic heterocycles. The molecule has 1 saturated heterocycles. The predicted octanol–water partition coefficient (Wildman–Crippen LogP) is 1.35. The SMILES string of the molecule is CC1CC(O)CC(C)CN(C)C1. The first-order valence-electron chi connectivity index (χ1n) is 4.94. The van der Waals surface area contributed by atoms with Crippen molar-refractivity contribution in [2.45, 2.75) is 32.8 Å². The van der Waals surface area contributed by atoms with Crippen molar-refractivity contribution in [1.82, 2.24) is 4.90 Å². The van der Waals surface area contributed by atoms with Crippen LogP contribution in [0.3, 0.4) is 0 Å². The van der Waals surface area contributed by atoms with E-state index in [2.05, 4.69) is 25.8 Å². The van der Waals surface area contributed by atoms with E-state index in [1.165, 1.54) is 0 Å². The lowest BCUT2D eigenvalue weighted by molar-refractivity contribution is 0.0820. The lowest BCUT2D eigenvalue weighted by atomic mass is 9.93. The molecule has 2 atom stereocenters. The van der Waals surface area contributed by atoms with Gasteiger partial charge in [0.1, 0.15) is 0 Å². The molecule has 0 saturated carbocycles. The summed E-state index contributed by atoms with van der Waals surface area (Å²) in [5, 5.41) is 9.62. The van der Waals surface area contributed by atoms with E-state index in [-0.39, 0.29) is 6.10 Å². The summed E-state index contributed by atoms with van der Waals surface area (Å²) >= 11 is 0. The zero-order valence-corrected chi connectivity index (χ0v) is 8.45. The van der Waals surface area contributed by atoms with Gasteiger partial charge in [-0.1, -0.05) is 13.8 Å². The molecule has 1 N–H and O–H groups in total. The number of aliphatic hydroxyl groups is 1. The Kier molecular flexibility index (Phi) is 3.53. The molecule has 2 unspecified atom stereocenters. The number of hydrogen-bond donors (Lipinski definition) is 1. The zero-order chi connectivity index (χ0) is 9.14. The summed E-state index contributed by atoms with van der Waals surface area (Å²) in [6.45, 7) is 6.69. The monoisotopic (exact) mass is 171 g/mol. The molecule has 1 fully saturated rings. The molecule has 0 aliphatic carbocycles. The van der Waals surface area contributed by atoms with Crippen LogP contribution in [-0.2, 0) is 0 Å². The molecule has 1 rings (SSSR count). The first-order chi connectivity index (χ1) is 5.58. The van der Waals surface area contributed by atoms with Crippen LogP contribution in [0.2, 0.25) is 0 Å². The van der Waals surface area contributed by atoms with Crippen LogP contribution >= 0.6 is 0 Å². The minimum absolute atomic E-state index is 0.0660. The molecule has 0 radical (unpaired) electrons. The van der Waals surface area contributed by atoms with Gasteiger partial charge >= 0.3 is 0 Å². The zero-order valence-electron chi connectivity index (χ0n) is 8.45. The van der Waals surface area contributed by atoms with Gasteiger partial charge in [0.15, 0.2) is 0 Å². The van der Waals surface area contributed by atoms with E-state index < -0.39 is 0 Å². The van der Waals surface area contributed by atoms with Crippen LogP contribution in [0.1, 0.15) is 26.7 Å². The summed E-state index contributed by atoms with van der Waals surface area (Å²) in [4.78, 5) is 2.38. The second kappa shape index (κ2) is 4.24. The summed E-state index contributed by atoms with van der Waals surface area (Å²) in [5.41, 5.74) is 0. The Balaban J connectivity index is 2.45.